The van der Waals surface area contributed by atoms with Crippen molar-refractivity contribution in [3.05, 3.63) is 48.0 Å². The van der Waals surface area contributed by atoms with Gasteiger partial charge in [-0.3, -0.25) is 9.67 Å². The lowest BCUT2D eigenvalue weighted by molar-refractivity contribution is 0.689. The van der Waals surface area contributed by atoms with Gasteiger partial charge < -0.3 is 5.73 Å². The molecule has 96 valence electrons. The zero-order valence-electron chi connectivity index (χ0n) is 10.4. The quantitative estimate of drug-likeness (QED) is 0.793. The number of hydrogen-bond acceptors (Lipinski definition) is 5. The highest BCUT2D eigenvalue weighted by Crippen LogP contribution is 2.29. The Labute approximate surface area is 114 Å². The molecule has 0 saturated heterocycles. The number of hydrogen-bond donors (Lipinski definition) is 1. The Morgan fingerprint density at radius 3 is 2.74 bits per heavy atom. The Morgan fingerprint density at radius 2 is 2.05 bits per heavy atom. The molecule has 0 amide bonds. The van der Waals surface area contributed by atoms with E-state index in [2.05, 4.69) is 15.1 Å². The number of anilines is 1. The summed E-state index contributed by atoms with van der Waals surface area (Å²) in [5.74, 6) is 0. The number of aryl methyl sites for hydroxylation is 1. The largest absolute Gasteiger partial charge is 0.375 e. The van der Waals surface area contributed by atoms with Crippen LogP contribution in [0.5, 0.6) is 0 Å². The second kappa shape index (κ2) is 4.81. The van der Waals surface area contributed by atoms with Crippen molar-refractivity contribution in [2.75, 3.05) is 5.73 Å². The van der Waals surface area contributed by atoms with Crippen molar-refractivity contribution in [1.82, 2.24) is 19.7 Å². The molecule has 0 radical (unpaired) electrons. The number of pyridine rings is 1. The summed E-state index contributed by atoms with van der Waals surface area (Å²) in [5, 5.41) is 5.14. The molecule has 3 heterocycles. The highest BCUT2D eigenvalue weighted by Gasteiger charge is 2.10. The van der Waals surface area contributed by atoms with Gasteiger partial charge in [-0.2, -0.15) is 5.10 Å². The van der Waals surface area contributed by atoms with Gasteiger partial charge in [0.05, 0.1) is 17.1 Å². The lowest BCUT2D eigenvalue weighted by Crippen LogP contribution is -2.00. The van der Waals surface area contributed by atoms with Crippen molar-refractivity contribution < 1.29 is 0 Å². The van der Waals surface area contributed by atoms with Crippen LogP contribution in [0.2, 0.25) is 0 Å². The van der Waals surface area contributed by atoms with Gasteiger partial charge in [-0.15, -0.1) is 0 Å². The summed E-state index contributed by atoms with van der Waals surface area (Å²) >= 11 is 1.47. The van der Waals surface area contributed by atoms with Crippen LogP contribution in [0.25, 0.3) is 10.6 Å². The first kappa shape index (κ1) is 11.9. The van der Waals surface area contributed by atoms with Crippen LogP contribution >= 0.6 is 11.3 Å². The smallest absolute Gasteiger partial charge is 0.180 e. The Kier molecular flexibility index (Phi) is 3.00. The normalized spacial score (nSPS) is 10.8. The molecule has 0 unspecified atom stereocenters. The van der Waals surface area contributed by atoms with Crippen LogP contribution in [0.3, 0.4) is 0 Å². The van der Waals surface area contributed by atoms with Crippen LogP contribution in [0.4, 0.5) is 5.13 Å². The molecule has 0 aliphatic carbocycles. The summed E-state index contributed by atoms with van der Waals surface area (Å²) in [6, 6.07) is 5.95. The zero-order chi connectivity index (χ0) is 13.2. The molecule has 3 rings (SSSR count). The maximum absolute atomic E-state index is 5.71. The van der Waals surface area contributed by atoms with Gasteiger partial charge in [0.2, 0.25) is 0 Å². The third-order valence-corrected chi connectivity index (χ3v) is 3.79. The number of nitrogens with zero attached hydrogens (tertiary/aromatic N) is 4. The van der Waals surface area contributed by atoms with Gasteiger partial charge in [0.15, 0.2) is 5.13 Å². The molecular formula is C13H13N5S. The Bertz CT molecular complexity index is 686. The summed E-state index contributed by atoms with van der Waals surface area (Å²) in [5.41, 5.74) is 8.73. The van der Waals surface area contributed by atoms with Gasteiger partial charge in [0.1, 0.15) is 5.69 Å². The first-order valence-electron chi connectivity index (χ1n) is 5.88. The summed E-state index contributed by atoms with van der Waals surface area (Å²) in [6.45, 7) is 2.68. The monoisotopic (exact) mass is 271 g/mol. The number of aromatic nitrogens is 4. The second-order valence-electron chi connectivity index (χ2n) is 4.22. The van der Waals surface area contributed by atoms with Gasteiger partial charge >= 0.3 is 0 Å². The van der Waals surface area contributed by atoms with Crippen LogP contribution in [-0.4, -0.2) is 19.7 Å². The Hall–Kier alpha value is -2.21. The number of nitrogens with two attached hydrogens (primary N) is 1. The second-order valence-corrected chi connectivity index (χ2v) is 5.25. The number of rotatable bonds is 3. The first-order valence-corrected chi connectivity index (χ1v) is 6.69. The van der Waals surface area contributed by atoms with E-state index in [4.69, 9.17) is 5.73 Å². The van der Waals surface area contributed by atoms with E-state index in [0.717, 1.165) is 22.8 Å². The standard InChI is InChI=1S/C13H13N5S/c1-9-12(19-13(14)16-9)11-4-7-18(17-11)8-10-2-5-15-6-3-10/h2-7H,8H2,1H3,(H2,14,16). The van der Waals surface area contributed by atoms with Crippen molar-refractivity contribution in [3.63, 3.8) is 0 Å². The molecule has 0 fully saturated rings. The van der Waals surface area contributed by atoms with Gasteiger partial charge in [0, 0.05) is 18.6 Å². The maximum Gasteiger partial charge on any atom is 0.180 e. The summed E-state index contributed by atoms with van der Waals surface area (Å²) in [4.78, 5) is 9.26. The van der Waals surface area contributed by atoms with Crippen molar-refractivity contribution >= 4 is 16.5 Å². The molecule has 0 saturated carbocycles. The Balaban J connectivity index is 1.86. The molecule has 19 heavy (non-hydrogen) atoms. The molecule has 0 aromatic carbocycles. The predicted octanol–water partition coefficient (Wildman–Crippen LogP) is 2.34. The average Bonchev–Trinajstić information content (AvgIpc) is 2.97. The van der Waals surface area contributed by atoms with Crippen molar-refractivity contribution in [2.45, 2.75) is 13.5 Å². The third-order valence-electron chi connectivity index (χ3n) is 2.78. The summed E-state index contributed by atoms with van der Waals surface area (Å²) in [7, 11) is 0. The van der Waals surface area contributed by atoms with Gasteiger partial charge in [-0.05, 0) is 30.7 Å². The highest BCUT2D eigenvalue weighted by atomic mass is 32.1. The molecule has 0 aliphatic heterocycles. The lowest BCUT2D eigenvalue weighted by atomic mass is 10.3. The molecule has 5 nitrogen and oxygen atoms in total. The van der Waals surface area contributed by atoms with E-state index >= 15 is 0 Å². The Morgan fingerprint density at radius 1 is 1.26 bits per heavy atom. The number of thiazole rings is 1. The fraction of sp³-hybridized carbons (Fsp3) is 0.154. The molecule has 3 aromatic heterocycles. The lowest BCUT2D eigenvalue weighted by Gasteiger charge is -2.00. The number of nitrogen functional groups attached to an aromatic ring is 1. The molecule has 0 spiro atoms. The van der Waals surface area contributed by atoms with Crippen LogP contribution in [0.1, 0.15) is 11.3 Å². The minimum absolute atomic E-state index is 0.580. The van der Waals surface area contributed by atoms with Gasteiger partial charge in [-0.1, -0.05) is 11.3 Å². The predicted molar refractivity (Wildman–Crippen MR) is 75.8 cm³/mol. The average molecular weight is 271 g/mol. The summed E-state index contributed by atoms with van der Waals surface area (Å²) in [6.07, 6.45) is 5.53. The van der Waals surface area contributed by atoms with E-state index in [1.54, 1.807) is 12.4 Å². The summed E-state index contributed by atoms with van der Waals surface area (Å²) < 4.78 is 1.90. The van der Waals surface area contributed by atoms with Gasteiger partial charge in [-0.25, -0.2) is 4.98 Å². The van der Waals surface area contributed by atoms with E-state index in [1.165, 1.54) is 16.9 Å². The SMILES string of the molecule is Cc1nc(N)sc1-c1ccn(Cc2ccncc2)n1. The van der Waals surface area contributed by atoms with Crippen LogP contribution in [0.15, 0.2) is 36.8 Å². The van der Waals surface area contributed by atoms with Crippen LogP contribution in [0, 0.1) is 6.92 Å². The maximum atomic E-state index is 5.71. The van der Waals surface area contributed by atoms with Crippen molar-refractivity contribution in [2.24, 2.45) is 0 Å². The molecule has 2 N–H and O–H groups in total. The molecular weight excluding hydrogens is 258 g/mol. The topological polar surface area (TPSA) is 69.6 Å². The van der Waals surface area contributed by atoms with E-state index in [0.29, 0.717) is 5.13 Å². The van der Waals surface area contributed by atoms with E-state index in [1.807, 2.05) is 36.0 Å². The zero-order valence-corrected chi connectivity index (χ0v) is 11.3. The minimum Gasteiger partial charge on any atom is -0.375 e. The first-order chi connectivity index (χ1) is 9.22. The van der Waals surface area contributed by atoms with Gasteiger partial charge in [0.25, 0.3) is 0 Å². The molecule has 0 atom stereocenters. The van der Waals surface area contributed by atoms with E-state index < -0.39 is 0 Å². The van der Waals surface area contributed by atoms with Crippen molar-refractivity contribution in [1.29, 1.82) is 0 Å². The van der Waals surface area contributed by atoms with Crippen molar-refractivity contribution in [3.8, 4) is 10.6 Å². The fourth-order valence-electron chi connectivity index (χ4n) is 1.90. The van der Waals surface area contributed by atoms with Crippen LogP contribution in [-0.2, 0) is 6.54 Å². The molecule has 0 bridgehead atoms. The minimum atomic E-state index is 0.580. The van der Waals surface area contributed by atoms with E-state index in [-0.39, 0.29) is 0 Å². The highest BCUT2D eigenvalue weighted by molar-refractivity contribution is 7.18. The van der Waals surface area contributed by atoms with E-state index in [9.17, 15) is 0 Å². The molecule has 6 heteroatoms. The fourth-order valence-corrected chi connectivity index (χ4v) is 2.70. The molecule has 3 aromatic rings. The van der Waals surface area contributed by atoms with Crippen LogP contribution < -0.4 is 5.73 Å². The third kappa shape index (κ3) is 2.48. The molecule has 0 aliphatic rings.